The minimum atomic E-state index is 0.447. The molecule has 0 amide bonds. The zero-order valence-electron chi connectivity index (χ0n) is 10.8. The Kier molecular flexibility index (Phi) is 5.46. The van der Waals surface area contributed by atoms with Crippen molar-refractivity contribution in [2.24, 2.45) is 0 Å². The predicted octanol–water partition coefficient (Wildman–Crippen LogP) is 5.11. The first-order valence-electron chi connectivity index (χ1n) is 6.08. The molecule has 20 heavy (non-hydrogen) atoms. The van der Waals surface area contributed by atoms with Gasteiger partial charge in [0.15, 0.2) is 0 Å². The van der Waals surface area contributed by atoms with Crippen LogP contribution in [0.15, 0.2) is 29.0 Å². The fourth-order valence-corrected chi connectivity index (χ4v) is 2.36. The van der Waals surface area contributed by atoms with E-state index in [2.05, 4.69) is 43.5 Å². The number of rotatable bonds is 5. The number of hydrogen-bond acceptors (Lipinski definition) is 4. The monoisotopic (exact) mass is 374 g/mol. The highest BCUT2D eigenvalue weighted by atomic mass is 79.9. The van der Waals surface area contributed by atoms with Crippen molar-refractivity contribution in [1.82, 2.24) is 9.97 Å². The van der Waals surface area contributed by atoms with Gasteiger partial charge in [-0.15, -0.1) is 0 Å². The number of hydrogen-bond donors (Lipinski definition) is 2. The Hall–Kier alpha value is -1.04. The lowest BCUT2D eigenvalue weighted by atomic mass is 10.3. The molecule has 7 heteroatoms. The normalized spacial score (nSPS) is 10.4. The van der Waals surface area contributed by atoms with Gasteiger partial charge in [0.05, 0.1) is 15.7 Å². The second kappa shape index (κ2) is 7.11. The van der Waals surface area contributed by atoms with Gasteiger partial charge in [0.2, 0.25) is 0 Å². The maximum atomic E-state index is 6.19. The van der Waals surface area contributed by atoms with E-state index in [0.717, 1.165) is 23.3 Å². The predicted molar refractivity (Wildman–Crippen MR) is 88.3 cm³/mol. The molecule has 0 aliphatic carbocycles. The number of halogens is 3. The van der Waals surface area contributed by atoms with Gasteiger partial charge >= 0.3 is 0 Å². The zero-order chi connectivity index (χ0) is 14.5. The van der Waals surface area contributed by atoms with Crippen LogP contribution in [0.2, 0.25) is 10.0 Å². The number of nitrogens with zero attached hydrogens (tertiary/aromatic N) is 2. The van der Waals surface area contributed by atoms with Gasteiger partial charge in [-0.2, -0.15) is 0 Å². The summed E-state index contributed by atoms with van der Waals surface area (Å²) in [6.07, 6.45) is 2.52. The van der Waals surface area contributed by atoms with Crippen LogP contribution in [-0.4, -0.2) is 16.5 Å². The van der Waals surface area contributed by atoms with Crippen LogP contribution < -0.4 is 10.6 Å². The number of aromatic nitrogens is 2. The lowest BCUT2D eigenvalue weighted by Crippen LogP contribution is -2.03. The first-order chi connectivity index (χ1) is 9.61. The van der Waals surface area contributed by atoms with Crippen molar-refractivity contribution in [2.75, 3.05) is 17.2 Å². The quantitative estimate of drug-likeness (QED) is 0.712. The lowest BCUT2D eigenvalue weighted by Gasteiger charge is -2.10. The number of anilines is 3. The average molecular weight is 376 g/mol. The standard InChI is InChI=1S/C13H13BrCl2N4/c1-2-5-17-10-6-11(19-7-18-10)20-9-4-3-8(14)12(15)13(9)16/h3-4,6-7H,2,5H2,1H3,(H2,17,18,19,20). The van der Waals surface area contributed by atoms with Gasteiger partial charge in [-0.1, -0.05) is 30.1 Å². The summed E-state index contributed by atoms with van der Waals surface area (Å²) >= 11 is 15.6. The van der Waals surface area contributed by atoms with E-state index in [9.17, 15) is 0 Å². The summed E-state index contributed by atoms with van der Waals surface area (Å²) in [6.45, 7) is 2.96. The molecule has 0 unspecified atom stereocenters. The molecular weight excluding hydrogens is 363 g/mol. The molecule has 0 bridgehead atoms. The fourth-order valence-electron chi connectivity index (χ4n) is 1.54. The lowest BCUT2D eigenvalue weighted by molar-refractivity contribution is 0.965. The molecule has 0 spiro atoms. The molecular formula is C13H13BrCl2N4. The second-order valence-corrected chi connectivity index (χ2v) is 5.67. The third kappa shape index (κ3) is 3.75. The molecule has 0 aliphatic rings. The van der Waals surface area contributed by atoms with Gasteiger partial charge < -0.3 is 10.6 Å². The highest BCUT2D eigenvalue weighted by Crippen LogP contribution is 2.36. The Morgan fingerprint density at radius 3 is 2.65 bits per heavy atom. The molecule has 2 N–H and O–H groups in total. The molecule has 1 heterocycles. The van der Waals surface area contributed by atoms with E-state index in [0.29, 0.717) is 21.6 Å². The van der Waals surface area contributed by atoms with E-state index in [1.54, 1.807) is 0 Å². The molecule has 0 fully saturated rings. The van der Waals surface area contributed by atoms with E-state index >= 15 is 0 Å². The van der Waals surface area contributed by atoms with Crippen molar-refractivity contribution in [1.29, 1.82) is 0 Å². The Morgan fingerprint density at radius 2 is 1.90 bits per heavy atom. The summed E-state index contributed by atoms with van der Waals surface area (Å²) in [5, 5.41) is 7.24. The van der Waals surface area contributed by atoms with Gasteiger partial charge in [0.25, 0.3) is 0 Å². The van der Waals surface area contributed by atoms with Gasteiger partial charge in [-0.25, -0.2) is 9.97 Å². The smallest absolute Gasteiger partial charge is 0.135 e. The Labute approximate surface area is 136 Å². The Balaban J connectivity index is 2.20. The van der Waals surface area contributed by atoms with Crippen LogP contribution in [0, 0.1) is 0 Å². The summed E-state index contributed by atoms with van der Waals surface area (Å²) in [7, 11) is 0. The maximum Gasteiger partial charge on any atom is 0.135 e. The van der Waals surface area contributed by atoms with Crippen LogP contribution in [0.25, 0.3) is 0 Å². The topological polar surface area (TPSA) is 49.8 Å². The zero-order valence-corrected chi connectivity index (χ0v) is 13.8. The van der Waals surface area contributed by atoms with Crippen molar-refractivity contribution in [3.8, 4) is 0 Å². The first kappa shape index (κ1) is 15.4. The van der Waals surface area contributed by atoms with E-state index in [-0.39, 0.29) is 0 Å². The number of nitrogens with one attached hydrogen (secondary N) is 2. The van der Waals surface area contributed by atoms with Crippen LogP contribution in [0.1, 0.15) is 13.3 Å². The SMILES string of the molecule is CCCNc1cc(Nc2ccc(Br)c(Cl)c2Cl)ncn1. The third-order valence-corrected chi connectivity index (χ3v) is 4.29. The van der Waals surface area contributed by atoms with Crippen LogP contribution in [-0.2, 0) is 0 Å². The van der Waals surface area contributed by atoms with Crippen LogP contribution >= 0.6 is 39.1 Å². The van der Waals surface area contributed by atoms with E-state index < -0.39 is 0 Å². The Bertz CT molecular complexity index is 607. The highest BCUT2D eigenvalue weighted by Gasteiger charge is 2.09. The molecule has 2 aromatic rings. The van der Waals surface area contributed by atoms with Crippen molar-refractivity contribution in [3.05, 3.63) is 39.0 Å². The van der Waals surface area contributed by atoms with Crippen molar-refractivity contribution in [2.45, 2.75) is 13.3 Å². The first-order valence-corrected chi connectivity index (χ1v) is 7.63. The van der Waals surface area contributed by atoms with E-state index in [1.165, 1.54) is 6.33 Å². The minimum absolute atomic E-state index is 0.447. The van der Waals surface area contributed by atoms with Crippen LogP contribution in [0.4, 0.5) is 17.3 Å². The van der Waals surface area contributed by atoms with Gasteiger partial charge in [-0.05, 0) is 34.5 Å². The van der Waals surface area contributed by atoms with Crippen molar-refractivity contribution in [3.63, 3.8) is 0 Å². The molecule has 1 aromatic carbocycles. The molecule has 0 aliphatic heterocycles. The van der Waals surface area contributed by atoms with E-state index in [1.807, 2.05) is 18.2 Å². The van der Waals surface area contributed by atoms with Crippen LogP contribution in [0.5, 0.6) is 0 Å². The maximum absolute atomic E-state index is 6.19. The largest absolute Gasteiger partial charge is 0.370 e. The van der Waals surface area contributed by atoms with Crippen molar-refractivity contribution < 1.29 is 0 Å². The molecule has 106 valence electrons. The molecule has 0 atom stereocenters. The van der Waals surface area contributed by atoms with Gasteiger partial charge in [0, 0.05) is 17.1 Å². The summed E-state index contributed by atoms with van der Waals surface area (Å²) < 4.78 is 0.753. The molecule has 0 radical (unpaired) electrons. The summed E-state index contributed by atoms with van der Waals surface area (Å²) in [5.41, 5.74) is 0.694. The summed E-state index contributed by atoms with van der Waals surface area (Å²) in [4.78, 5) is 8.30. The number of benzene rings is 1. The molecule has 2 rings (SSSR count). The molecule has 0 saturated carbocycles. The average Bonchev–Trinajstić information content (AvgIpc) is 2.46. The summed E-state index contributed by atoms with van der Waals surface area (Å²) in [5.74, 6) is 1.42. The molecule has 4 nitrogen and oxygen atoms in total. The summed E-state index contributed by atoms with van der Waals surface area (Å²) in [6, 6.07) is 5.48. The highest BCUT2D eigenvalue weighted by molar-refractivity contribution is 9.10. The van der Waals surface area contributed by atoms with Crippen molar-refractivity contribution >= 4 is 56.5 Å². The van der Waals surface area contributed by atoms with Gasteiger partial charge in [-0.3, -0.25) is 0 Å². The molecule has 1 aromatic heterocycles. The fraction of sp³-hybridized carbons (Fsp3) is 0.231. The van der Waals surface area contributed by atoms with Gasteiger partial charge in [0.1, 0.15) is 18.0 Å². The minimum Gasteiger partial charge on any atom is -0.370 e. The molecule has 0 saturated heterocycles. The van der Waals surface area contributed by atoms with Crippen LogP contribution in [0.3, 0.4) is 0 Å². The third-order valence-electron chi connectivity index (χ3n) is 2.52. The Morgan fingerprint density at radius 1 is 1.15 bits per heavy atom. The van der Waals surface area contributed by atoms with E-state index in [4.69, 9.17) is 23.2 Å². The second-order valence-electron chi connectivity index (χ2n) is 4.06.